The number of nitrogens with two attached hydrogens (primary N) is 1. The molecule has 2 aromatic rings. The predicted octanol–water partition coefficient (Wildman–Crippen LogP) is 2.61. The molecule has 0 saturated heterocycles. The first-order chi connectivity index (χ1) is 9.79. The maximum absolute atomic E-state index is 5.94. The number of hydrogen-bond donors (Lipinski definition) is 2. The predicted molar refractivity (Wildman–Crippen MR) is 81.6 cm³/mol. The molecule has 1 fully saturated rings. The second-order valence-electron chi connectivity index (χ2n) is 5.67. The van der Waals surface area contributed by atoms with E-state index in [0.717, 1.165) is 37.9 Å². The highest BCUT2D eigenvalue weighted by molar-refractivity contribution is 5.39. The SMILES string of the molecule is NC1CCC(Nc2cnn(Cc3ccccc3)c2)CC1. The summed E-state index contributed by atoms with van der Waals surface area (Å²) in [5, 5.41) is 7.99. The van der Waals surface area contributed by atoms with E-state index in [-0.39, 0.29) is 0 Å². The van der Waals surface area contributed by atoms with Gasteiger partial charge < -0.3 is 11.1 Å². The van der Waals surface area contributed by atoms with E-state index in [0.29, 0.717) is 12.1 Å². The number of anilines is 1. The van der Waals surface area contributed by atoms with Crippen molar-refractivity contribution in [3.8, 4) is 0 Å². The Hall–Kier alpha value is -1.81. The van der Waals surface area contributed by atoms with Crippen molar-refractivity contribution in [1.29, 1.82) is 0 Å². The van der Waals surface area contributed by atoms with Gasteiger partial charge in [-0.25, -0.2) is 0 Å². The van der Waals surface area contributed by atoms with Crippen molar-refractivity contribution < 1.29 is 0 Å². The minimum Gasteiger partial charge on any atom is -0.380 e. The summed E-state index contributed by atoms with van der Waals surface area (Å²) in [4.78, 5) is 0. The summed E-state index contributed by atoms with van der Waals surface area (Å²) in [6.07, 6.45) is 8.56. The van der Waals surface area contributed by atoms with Gasteiger partial charge in [0.25, 0.3) is 0 Å². The molecule has 1 aliphatic carbocycles. The lowest BCUT2D eigenvalue weighted by atomic mass is 9.92. The average Bonchev–Trinajstić information content (AvgIpc) is 2.90. The summed E-state index contributed by atoms with van der Waals surface area (Å²) in [5.41, 5.74) is 8.32. The topological polar surface area (TPSA) is 55.9 Å². The van der Waals surface area contributed by atoms with E-state index >= 15 is 0 Å². The lowest BCUT2D eigenvalue weighted by Crippen LogP contribution is -2.32. The first-order valence-electron chi connectivity index (χ1n) is 7.38. The van der Waals surface area contributed by atoms with Crippen LogP contribution >= 0.6 is 0 Å². The Bertz CT molecular complexity index is 526. The molecule has 0 amide bonds. The Morgan fingerprint density at radius 2 is 1.90 bits per heavy atom. The lowest BCUT2D eigenvalue weighted by Gasteiger charge is -2.26. The average molecular weight is 270 g/mol. The van der Waals surface area contributed by atoms with Gasteiger partial charge in [-0.15, -0.1) is 0 Å². The van der Waals surface area contributed by atoms with Crippen molar-refractivity contribution in [2.45, 2.75) is 44.3 Å². The van der Waals surface area contributed by atoms with Gasteiger partial charge in [0.15, 0.2) is 0 Å². The third kappa shape index (κ3) is 3.39. The van der Waals surface area contributed by atoms with E-state index in [2.05, 4.69) is 40.9 Å². The lowest BCUT2D eigenvalue weighted by molar-refractivity contribution is 0.411. The van der Waals surface area contributed by atoms with Gasteiger partial charge in [-0.3, -0.25) is 4.68 Å². The van der Waals surface area contributed by atoms with E-state index in [1.165, 1.54) is 5.56 Å². The molecule has 106 valence electrons. The molecule has 1 aliphatic rings. The molecule has 0 unspecified atom stereocenters. The summed E-state index contributed by atoms with van der Waals surface area (Å²) >= 11 is 0. The van der Waals surface area contributed by atoms with Crippen LogP contribution in [0.4, 0.5) is 5.69 Å². The van der Waals surface area contributed by atoms with Crippen molar-refractivity contribution in [1.82, 2.24) is 9.78 Å². The van der Waals surface area contributed by atoms with Gasteiger partial charge in [0, 0.05) is 18.3 Å². The molecule has 0 spiro atoms. The molecular formula is C16H22N4. The highest BCUT2D eigenvalue weighted by atomic mass is 15.3. The quantitative estimate of drug-likeness (QED) is 0.898. The monoisotopic (exact) mass is 270 g/mol. The number of hydrogen-bond acceptors (Lipinski definition) is 3. The van der Waals surface area contributed by atoms with Crippen molar-refractivity contribution >= 4 is 5.69 Å². The number of rotatable bonds is 4. The maximum atomic E-state index is 5.94. The van der Waals surface area contributed by atoms with E-state index in [9.17, 15) is 0 Å². The highest BCUT2D eigenvalue weighted by Gasteiger charge is 2.18. The minimum atomic E-state index is 0.397. The van der Waals surface area contributed by atoms with Crippen molar-refractivity contribution in [2.24, 2.45) is 5.73 Å². The first kappa shape index (κ1) is 13.2. The first-order valence-corrected chi connectivity index (χ1v) is 7.38. The standard InChI is InChI=1S/C16H22N4/c17-14-6-8-15(9-7-14)19-16-10-18-20(12-16)11-13-4-2-1-3-5-13/h1-5,10,12,14-15,19H,6-9,11,17H2. The Kier molecular flexibility index (Phi) is 4.02. The zero-order valence-corrected chi connectivity index (χ0v) is 11.7. The smallest absolute Gasteiger partial charge is 0.0728 e. The molecule has 0 atom stereocenters. The second kappa shape index (κ2) is 6.09. The Morgan fingerprint density at radius 1 is 1.15 bits per heavy atom. The fourth-order valence-corrected chi connectivity index (χ4v) is 2.79. The summed E-state index contributed by atoms with van der Waals surface area (Å²) in [5.74, 6) is 0. The van der Waals surface area contributed by atoms with Crippen LogP contribution in [0.5, 0.6) is 0 Å². The number of aromatic nitrogens is 2. The molecule has 0 radical (unpaired) electrons. The van der Waals surface area contributed by atoms with Crippen LogP contribution in [0.3, 0.4) is 0 Å². The largest absolute Gasteiger partial charge is 0.380 e. The second-order valence-corrected chi connectivity index (χ2v) is 5.67. The molecule has 3 N–H and O–H groups in total. The van der Waals surface area contributed by atoms with Crippen LogP contribution in [-0.4, -0.2) is 21.9 Å². The number of benzene rings is 1. The van der Waals surface area contributed by atoms with Crippen LogP contribution in [0.25, 0.3) is 0 Å². The van der Waals surface area contributed by atoms with Gasteiger partial charge >= 0.3 is 0 Å². The molecule has 1 aromatic heterocycles. The van der Waals surface area contributed by atoms with Crippen LogP contribution in [0.1, 0.15) is 31.2 Å². The zero-order chi connectivity index (χ0) is 13.8. The Balaban J connectivity index is 1.57. The molecule has 3 rings (SSSR count). The van der Waals surface area contributed by atoms with Crippen molar-refractivity contribution in [3.63, 3.8) is 0 Å². The van der Waals surface area contributed by atoms with Gasteiger partial charge in [0.05, 0.1) is 18.4 Å². The van der Waals surface area contributed by atoms with Crippen molar-refractivity contribution in [3.05, 3.63) is 48.3 Å². The van der Waals surface area contributed by atoms with Gasteiger partial charge in [-0.2, -0.15) is 5.10 Å². The molecule has 0 bridgehead atoms. The normalized spacial score (nSPS) is 22.6. The molecule has 0 aliphatic heterocycles. The van der Waals surface area contributed by atoms with Gasteiger partial charge in [-0.1, -0.05) is 30.3 Å². The molecule has 1 aromatic carbocycles. The van der Waals surface area contributed by atoms with Gasteiger partial charge in [0.1, 0.15) is 0 Å². The molecular weight excluding hydrogens is 248 g/mol. The van der Waals surface area contributed by atoms with E-state index in [1.807, 2.05) is 16.9 Å². The summed E-state index contributed by atoms with van der Waals surface area (Å²) in [6, 6.07) is 11.3. The van der Waals surface area contributed by atoms with Crippen LogP contribution in [-0.2, 0) is 6.54 Å². The van der Waals surface area contributed by atoms with Crippen molar-refractivity contribution in [2.75, 3.05) is 5.32 Å². The molecule has 20 heavy (non-hydrogen) atoms. The van der Waals surface area contributed by atoms with Crippen LogP contribution < -0.4 is 11.1 Å². The molecule has 4 heteroatoms. The maximum Gasteiger partial charge on any atom is 0.0728 e. The van der Waals surface area contributed by atoms with Gasteiger partial charge in [0.2, 0.25) is 0 Å². The number of nitrogens with zero attached hydrogens (tertiary/aromatic N) is 2. The van der Waals surface area contributed by atoms with Crippen LogP contribution in [0, 0.1) is 0 Å². The Morgan fingerprint density at radius 3 is 2.65 bits per heavy atom. The van der Waals surface area contributed by atoms with E-state index < -0.39 is 0 Å². The van der Waals surface area contributed by atoms with E-state index in [1.54, 1.807) is 0 Å². The molecule has 1 saturated carbocycles. The van der Waals surface area contributed by atoms with E-state index in [4.69, 9.17) is 5.73 Å². The summed E-state index contributed by atoms with van der Waals surface area (Å²) < 4.78 is 1.98. The Labute approximate surface area is 120 Å². The highest BCUT2D eigenvalue weighted by Crippen LogP contribution is 2.21. The summed E-state index contributed by atoms with van der Waals surface area (Å²) in [6.45, 7) is 0.818. The van der Waals surface area contributed by atoms with Crippen LogP contribution in [0.2, 0.25) is 0 Å². The fourth-order valence-electron chi connectivity index (χ4n) is 2.79. The third-order valence-electron chi connectivity index (χ3n) is 3.96. The zero-order valence-electron chi connectivity index (χ0n) is 11.7. The third-order valence-corrected chi connectivity index (χ3v) is 3.96. The van der Waals surface area contributed by atoms with Gasteiger partial charge in [-0.05, 0) is 31.2 Å². The van der Waals surface area contributed by atoms with Crippen LogP contribution in [0.15, 0.2) is 42.7 Å². The summed E-state index contributed by atoms with van der Waals surface area (Å²) in [7, 11) is 0. The minimum absolute atomic E-state index is 0.397. The molecule has 4 nitrogen and oxygen atoms in total. The number of nitrogens with one attached hydrogen (secondary N) is 1. The molecule has 1 heterocycles. The fraction of sp³-hybridized carbons (Fsp3) is 0.438.